The maximum atomic E-state index is 9.68. The highest BCUT2D eigenvalue weighted by atomic mass is 32.2. The third kappa shape index (κ3) is 3.25. The van der Waals surface area contributed by atoms with Gasteiger partial charge in [0.1, 0.15) is 22.8 Å². The van der Waals surface area contributed by atoms with E-state index in [9.17, 15) is 5.11 Å². The van der Waals surface area contributed by atoms with E-state index < -0.39 is 0 Å². The summed E-state index contributed by atoms with van der Waals surface area (Å²) in [5, 5.41) is 10.3. The van der Waals surface area contributed by atoms with Gasteiger partial charge in [-0.2, -0.15) is 0 Å². The summed E-state index contributed by atoms with van der Waals surface area (Å²) in [4.78, 5) is 9.18. The van der Waals surface area contributed by atoms with Gasteiger partial charge in [-0.1, -0.05) is 11.8 Å². The van der Waals surface area contributed by atoms with E-state index in [0.29, 0.717) is 10.9 Å². The summed E-state index contributed by atoms with van der Waals surface area (Å²) in [6.07, 6.45) is 4.98. The Morgan fingerprint density at radius 1 is 1.15 bits per heavy atom. The summed E-state index contributed by atoms with van der Waals surface area (Å²) in [6, 6.07) is 12.4. The molecule has 0 saturated heterocycles. The van der Waals surface area contributed by atoms with Crippen molar-refractivity contribution in [2.45, 2.75) is 11.3 Å². The molecule has 0 fully saturated rings. The van der Waals surface area contributed by atoms with Crippen LogP contribution in [-0.4, -0.2) is 23.6 Å². The van der Waals surface area contributed by atoms with Crippen molar-refractivity contribution in [3.8, 4) is 11.5 Å². The van der Waals surface area contributed by atoms with Gasteiger partial charge in [-0.3, -0.25) is 0 Å². The lowest BCUT2D eigenvalue weighted by Crippen LogP contribution is -1.99. The van der Waals surface area contributed by atoms with Crippen molar-refractivity contribution in [1.82, 2.24) is 0 Å². The average Bonchev–Trinajstić information content (AvgIpc) is 3.40. The van der Waals surface area contributed by atoms with Gasteiger partial charge in [0.05, 0.1) is 19.6 Å². The SMILES string of the molecule is COc1cc(C=NC2=N[C@H](c3ccco3)[C@@H](c3ccco3)S2)ccc1O. The number of furan rings is 2. The number of nitrogens with zero attached hydrogens (tertiary/aromatic N) is 2. The van der Waals surface area contributed by atoms with Crippen LogP contribution in [0.2, 0.25) is 0 Å². The number of phenols is 1. The normalized spacial score (nSPS) is 19.8. The number of aromatic hydroxyl groups is 1. The third-order valence-corrected chi connectivity index (χ3v) is 5.12. The van der Waals surface area contributed by atoms with E-state index in [-0.39, 0.29) is 17.0 Å². The molecule has 1 aromatic carbocycles. The zero-order valence-electron chi connectivity index (χ0n) is 13.9. The van der Waals surface area contributed by atoms with E-state index in [1.54, 1.807) is 36.9 Å². The number of methoxy groups -OCH3 is 1. The van der Waals surface area contributed by atoms with Crippen LogP contribution >= 0.6 is 11.8 Å². The minimum absolute atomic E-state index is 0.0300. The second-order valence-corrected chi connectivity index (χ2v) is 6.72. The Morgan fingerprint density at radius 2 is 1.92 bits per heavy atom. The van der Waals surface area contributed by atoms with Gasteiger partial charge in [-0.25, -0.2) is 9.98 Å². The van der Waals surface area contributed by atoms with Gasteiger partial charge in [0.25, 0.3) is 0 Å². The number of hydrogen-bond donors (Lipinski definition) is 1. The number of amidine groups is 1. The Morgan fingerprint density at radius 3 is 2.62 bits per heavy atom. The first-order valence-corrected chi connectivity index (χ1v) is 8.85. The lowest BCUT2D eigenvalue weighted by Gasteiger charge is -2.11. The maximum absolute atomic E-state index is 9.68. The number of hydrogen-bond acceptors (Lipinski definition) is 7. The molecule has 0 unspecified atom stereocenters. The van der Waals surface area contributed by atoms with Crippen molar-refractivity contribution in [3.05, 3.63) is 72.1 Å². The molecule has 7 heteroatoms. The minimum Gasteiger partial charge on any atom is -0.504 e. The molecule has 2 atom stereocenters. The maximum Gasteiger partial charge on any atom is 0.184 e. The first-order valence-electron chi connectivity index (χ1n) is 7.97. The summed E-state index contributed by atoms with van der Waals surface area (Å²) in [6.45, 7) is 0. The van der Waals surface area contributed by atoms with Crippen molar-refractivity contribution in [3.63, 3.8) is 0 Å². The summed E-state index contributed by atoms with van der Waals surface area (Å²) < 4.78 is 16.2. The van der Waals surface area contributed by atoms with Crippen molar-refractivity contribution in [2.75, 3.05) is 7.11 Å². The molecular weight excluding hydrogens is 352 g/mol. The summed E-state index contributed by atoms with van der Waals surface area (Å²) in [5.41, 5.74) is 0.805. The molecule has 0 amide bonds. The first-order chi connectivity index (χ1) is 12.7. The third-order valence-electron chi connectivity index (χ3n) is 3.95. The van der Waals surface area contributed by atoms with Crippen molar-refractivity contribution in [2.24, 2.45) is 9.98 Å². The van der Waals surface area contributed by atoms with Gasteiger partial charge in [0.15, 0.2) is 16.7 Å². The van der Waals surface area contributed by atoms with Gasteiger partial charge in [0, 0.05) is 6.21 Å². The monoisotopic (exact) mass is 368 g/mol. The van der Waals surface area contributed by atoms with E-state index >= 15 is 0 Å². The van der Waals surface area contributed by atoms with E-state index in [1.807, 2.05) is 24.3 Å². The fraction of sp³-hybridized carbons (Fsp3) is 0.158. The lowest BCUT2D eigenvalue weighted by molar-refractivity contribution is 0.373. The van der Waals surface area contributed by atoms with Crippen LogP contribution in [0.1, 0.15) is 28.4 Å². The Hall–Kier alpha value is -2.93. The largest absolute Gasteiger partial charge is 0.504 e. The van der Waals surface area contributed by atoms with E-state index in [4.69, 9.17) is 18.6 Å². The molecular formula is C19H16N2O4S. The Kier molecular flexibility index (Phi) is 4.53. The highest BCUT2D eigenvalue weighted by Crippen LogP contribution is 2.48. The first kappa shape index (κ1) is 16.5. The van der Waals surface area contributed by atoms with Crippen LogP contribution in [0.25, 0.3) is 0 Å². The smallest absolute Gasteiger partial charge is 0.184 e. The number of thioether (sulfide) groups is 1. The van der Waals surface area contributed by atoms with Gasteiger partial charge in [0.2, 0.25) is 0 Å². The van der Waals surface area contributed by atoms with Crippen LogP contribution < -0.4 is 4.74 Å². The molecule has 26 heavy (non-hydrogen) atoms. The molecule has 3 heterocycles. The fourth-order valence-electron chi connectivity index (χ4n) is 2.70. The predicted molar refractivity (Wildman–Crippen MR) is 100 cm³/mol. The van der Waals surface area contributed by atoms with Crippen LogP contribution in [0.5, 0.6) is 11.5 Å². The summed E-state index contributed by atoms with van der Waals surface area (Å²) in [7, 11) is 1.51. The predicted octanol–water partition coefficient (Wildman–Crippen LogP) is 4.59. The Labute approximate surface area is 154 Å². The van der Waals surface area contributed by atoms with Crippen LogP contribution in [0.15, 0.2) is 73.8 Å². The Bertz CT molecular complexity index is 933. The fourth-order valence-corrected chi connectivity index (χ4v) is 3.79. The molecule has 0 saturated carbocycles. The zero-order chi connectivity index (χ0) is 17.9. The molecule has 2 aromatic heterocycles. The molecule has 1 aliphatic heterocycles. The highest BCUT2D eigenvalue weighted by Gasteiger charge is 2.36. The number of rotatable bonds is 4. The van der Waals surface area contributed by atoms with E-state index in [2.05, 4.69) is 4.99 Å². The second kappa shape index (κ2) is 7.13. The number of phenolic OH excluding ortho intramolecular Hbond substituents is 1. The summed E-state index contributed by atoms with van der Waals surface area (Å²) >= 11 is 1.52. The van der Waals surface area contributed by atoms with Crippen LogP contribution in [-0.2, 0) is 0 Å². The zero-order valence-corrected chi connectivity index (χ0v) is 14.7. The molecule has 0 radical (unpaired) electrons. The number of benzene rings is 1. The lowest BCUT2D eigenvalue weighted by atomic mass is 10.1. The van der Waals surface area contributed by atoms with Crippen LogP contribution in [0.3, 0.4) is 0 Å². The molecule has 0 spiro atoms. The molecule has 6 nitrogen and oxygen atoms in total. The Balaban J connectivity index is 1.59. The van der Waals surface area contributed by atoms with Crippen molar-refractivity contribution < 1.29 is 18.7 Å². The topological polar surface area (TPSA) is 80.5 Å². The number of ether oxygens (including phenoxy) is 1. The molecule has 1 aliphatic rings. The number of aliphatic imine (C=N–C) groups is 2. The average molecular weight is 368 g/mol. The standard InChI is InChI=1S/C19H16N2O4S/c1-23-16-10-12(6-7-13(16)22)11-20-19-21-17(14-4-2-8-24-14)18(26-19)15-5-3-9-25-15/h2-11,17-18,22H,1H3/t17-,18-/m1/s1. The van der Waals surface area contributed by atoms with Crippen LogP contribution in [0.4, 0.5) is 0 Å². The molecule has 1 N–H and O–H groups in total. The quantitative estimate of drug-likeness (QED) is 0.681. The van der Waals surface area contributed by atoms with Gasteiger partial charge in [-0.15, -0.1) is 0 Å². The van der Waals surface area contributed by atoms with Crippen molar-refractivity contribution >= 4 is 23.1 Å². The minimum atomic E-state index is -0.192. The van der Waals surface area contributed by atoms with Gasteiger partial charge in [-0.05, 0) is 48.0 Å². The van der Waals surface area contributed by atoms with Gasteiger partial charge < -0.3 is 18.7 Å². The molecule has 0 bridgehead atoms. The molecule has 3 aromatic rings. The second-order valence-electron chi connectivity index (χ2n) is 5.62. The highest BCUT2D eigenvalue weighted by molar-refractivity contribution is 8.14. The van der Waals surface area contributed by atoms with E-state index in [0.717, 1.165) is 17.1 Å². The molecule has 0 aliphatic carbocycles. The van der Waals surface area contributed by atoms with Gasteiger partial charge >= 0.3 is 0 Å². The van der Waals surface area contributed by atoms with Crippen molar-refractivity contribution in [1.29, 1.82) is 0 Å². The van der Waals surface area contributed by atoms with E-state index in [1.165, 1.54) is 18.9 Å². The molecule has 132 valence electrons. The van der Waals surface area contributed by atoms with Crippen LogP contribution in [0, 0.1) is 0 Å². The summed E-state index contributed by atoms with van der Waals surface area (Å²) in [5.74, 6) is 2.09. The molecule has 4 rings (SSSR count).